The average molecular weight is 1440 g/mol. The van der Waals surface area contributed by atoms with Gasteiger partial charge in [-0.1, -0.05) is 72.8 Å². The van der Waals surface area contributed by atoms with Gasteiger partial charge in [-0.2, -0.15) is 90.6 Å². The van der Waals surface area contributed by atoms with Gasteiger partial charge in [-0.15, -0.1) is 10.2 Å². The van der Waals surface area contributed by atoms with E-state index in [-0.39, 0.29) is 33.9 Å². The number of halogens is 2. The molecule has 0 atom stereocenters. The fourth-order valence-electron chi connectivity index (χ4n) is 8.87. The van der Waals surface area contributed by atoms with Crippen LogP contribution in [0.25, 0.3) is 33.7 Å². The van der Waals surface area contributed by atoms with Gasteiger partial charge in [0.05, 0.1) is 33.5 Å². The number of hydrogen-bond donors (Lipinski definition) is 12. The van der Waals surface area contributed by atoms with Crippen molar-refractivity contribution in [2.24, 2.45) is 20.5 Å². The highest BCUT2D eigenvalue weighted by molar-refractivity contribution is 7.87. The molecule has 0 radical (unpaired) electrons. The Morgan fingerprint density at radius 1 is 0.351 bits per heavy atom. The third-order valence-corrected chi connectivity index (χ3v) is 18.5. The van der Waals surface area contributed by atoms with Crippen LogP contribution in [0.1, 0.15) is 11.1 Å². The predicted molar refractivity (Wildman–Crippen MR) is 336 cm³/mol. The highest BCUT2D eigenvalue weighted by Gasteiger charge is 2.30. The summed E-state index contributed by atoms with van der Waals surface area (Å²) in [5.41, 5.74) is -3.55. The summed E-state index contributed by atoms with van der Waals surface area (Å²) >= 11 is 12.5. The van der Waals surface area contributed by atoms with Crippen molar-refractivity contribution >= 4 is 187 Å². The number of rotatable bonds is 20. The van der Waals surface area contributed by atoms with Gasteiger partial charge in [0.1, 0.15) is 40.7 Å². The molecule has 0 unspecified atom stereocenters. The smallest absolute Gasteiger partial charge is 0.296 e. The highest BCUT2D eigenvalue weighted by Crippen LogP contribution is 2.48. The lowest BCUT2D eigenvalue weighted by Crippen LogP contribution is -2.09. The topological polar surface area (TPSA) is 542 Å². The summed E-state index contributed by atoms with van der Waals surface area (Å²) in [5, 5.41) is 45.0. The van der Waals surface area contributed by atoms with Crippen LogP contribution < -0.4 is 21.3 Å². The Kier molecular flexibility index (Phi) is 18.2. The SMILES string of the molecule is O=S(=O)(O)c1cc(Nc2nc(Cl)nc(Nc3c(S(=O)(=O)O)ccc4c(S(=O)(=O)O)cc(N=Nc5ccccc5)c(O)c34)n2)ccc1C=Cc1ccc(Nc2nc(Cl)nc(Nc3c(S(=O)(=O)O)ccc4c(S(=O)(=O)O)cc(N=Nc5ccccc5)c(O)c34)n2)cc1S(=O)(=O)O. The molecule has 2 aromatic heterocycles. The number of aromatic hydroxyl groups is 2. The number of anilines is 8. The molecule has 42 heteroatoms. The first-order chi connectivity index (χ1) is 44.0. The summed E-state index contributed by atoms with van der Waals surface area (Å²) in [6.07, 6.45) is 2.01. The Labute approximate surface area is 539 Å². The molecule has 34 nitrogen and oxygen atoms in total. The first kappa shape index (κ1) is 67.0. The van der Waals surface area contributed by atoms with Gasteiger partial charge < -0.3 is 31.5 Å². The molecule has 0 saturated heterocycles. The minimum Gasteiger partial charge on any atom is -0.505 e. The molecule has 0 spiro atoms. The van der Waals surface area contributed by atoms with Crippen molar-refractivity contribution in [3.8, 4) is 11.5 Å². The highest BCUT2D eigenvalue weighted by atomic mass is 35.5. The zero-order valence-corrected chi connectivity index (χ0v) is 52.4. The normalized spacial score (nSPS) is 12.7. The molecule has 2 heterocycles. The van der Waals surface area contributed by atoms with Gasteiger partial charge in [-0.25, -0.2) is 0 Å². The summed E-state index contributed by atoms with van der Waals surface area (Å²) in [6.45, 7) is 0. The fourth-order valence-corrected chi connectivity index (χ4v) is 13.3. The molecule has 0 fully saturated rings. The van der Waals surface area contributed by atoms with Crippen LogP contribution in [0.2, 0.25) is 10.6 Å². The van der Waals surface area contributed by atoms with E-state index in [2.05, 4.69) is 71.6 Å². The molecule has 12 N–H and O–H groups in total. The standard InChI is InChI=1S/C52H36Cl2N14O20S6/c53-47-59-49(63-51(61-47)57-43-35(89(71,72)73)19-17-31-39(93(83,84)85)23-33(45(69)41(31)43)67-65-27-7-3-1-4-8-27)55-29-15-13-25(37(21-29)91(77,78)79)11-12-26-14-16-30(22-38(26)92(80,81)82)56-50-60-48(54)62-52(64-50)58-44-36(90(74,75)76)20-18-32-40(94(86,87)88)24-34(46(70)42(32)44)68-66-28-9-5-2-6-10-28/h1-24,69-70H,(H,71,72,73)(H,74,75,76)(H,77,78,79)(H,80,81,82)(H,83,84,85)(H,86,87,88)(H2,55,57,59,61,63)(H2,56,58,60,62,64). The summed E-state index contributed by atoms with van der Waals surface area (Å²) in [4.78, 5) is 18.2. The van der Waals surface area contributed by atoms with Crippen LogP contribution in [0, 0.1) is 0 Å². The number of phenols is 2. The monoisotopic (exact) mass is 1440 g/mol. The summed E-state index contributed by atoms with van der Waals surface area (Å²) in [6, 6.07) is 26.4. The summed E-state index contributed by atoms with van der Waals surface area (Å²) in [7, 11) is -31.4. The maximum atomic E-state index is 12.9. The van der Waals surface area contributed by atoms with E-state index in [4.69, 9.17) is 23.2 Å². The number of azo groups is 2. The molecule has 10 rings (SSSR count). The number of nitrogens with zero attached hydrogens (tertiary/aromatic N) is 10. The van der Waals surface area contributed by atoms with Gasteiger partial charge in [0.15, 0.2) is 11.5 Å². The van der Waals surface area contributed by atoms with Gasteiger partial charge in [-0.05, 0) is 107 Å². The lowest BCUT2D eigenvalue weighted by atomic mass is 10.1. The molecular formula is C52H36Cl2N14O20S6. The molecule has 94 heavy (non-hydrogen) atoms. The van der Waals surface area contributed by atoms with E-state index in [1.807, 2.05) is 0 Å². The van der Waals surface area contributed by atoms with E-state index in [0.717, 1.165) is 60.7 Å². The van der Waals surface area contributed by atoms with E-state index in [1.165, 1.54) is 36.4 Å². The van der Waals surface area contributed by atoms with Crippen LogP contribution in [-0.2, 0) is 60.7 Å². The largest absolute Gasteiger partial charge is 0.505 e. The van der Waals surface area contributed by atoms with E-state index < -0.39 is 180 Å². The van der Waals surface area contributed by atoms with Crippen molar-refractivity contribution in [1.82, 2.24) is 29.9 Å². The molecule has 0 amide bonds. The second-order valence-electron chi connectivity index (χ2n) is 19.0. The molecule has 10 aromatic rings. The molecule has 0 aliphatic heterocycles. The molecule has 0 aliphatic carbocycles. The number of hydrogen-bond acceptors (Lipinski definition) is 28. The number of phenolic OH excluding ortho intramolecular Hbond substituents is 2. The maximum Gasteiger partial charge on any atom is 0.296 e. The van der Waals surface area contributed by atoms with Crippen molar-refractivity contribution in [1.29, 1.82) is 0 Å². The Hall–Kier alpha value is -9.92. The van der Waals surface area contributed by atoms with E-state index in [9.17, 15) is 88.0 Å². The Bertz CT molecular complexity index is 5290. The van der Waals surface area contributed by atoms with Crippen molar-refractivity contribution in [3.63, 3.8) is 0 Å². The molecule has 484 valence electrons. The average Bonchev–Trinajstić information content (AvgIpc) is 0.746. The quantitative estimate of drug-likeness (QED) is 0.0192. The minimum atomic E-state index is -5.30. The van der Waals surface area contributed by atoms with Crippen LogP contribution in [-0.4, -0.2) is 118 Å². The van der Waals surface area contributed by atoms with Gasteiger partial charge in [0.2, 0.25) is 34.4 Å². The second-order valence-corrected chi connectivity index (χ2v) is 28.0. The van der Waals surface area contributed by atoms with Gasteiger partial charge in [0, 0.05) is 22.1 Å². The lowest BCUT2D eigenvalue weighted by Gasteiger charge is -2.17. The molecule has 0 saturated carbocycles. The Morgan fingerprint density at radius 3 is 0.989 bits per heavy atom. The van der Waals surface area contributed by atoms with Crippen molar-refractivity contribution in [2.45, 2.75) is 29.4 Å². The fraction of sp³-hybridized carbons (Fsp3) is 0. The molecule has 8 aromatic carbocycles. The van der Waals surface area contributed by atoms with E-state index >= 15 is 0 Å². The Balaban J connectivity index is 0.950. The van der Waals surface area contributed by atoms with Crippen LogP contribution >= 0.6 is 23.2 Å². The zero-order chi connectivity index (χ0) is 68.0. The van der Waals surface area contributed by atoms with Crippen molar-refractivity contribution in [3.05, 3.63) is 155 Å². The minimum absolute atomic E-state index is 0.212. The molecule has 0 aliphatic rings. The Morgan fingerprint density at radius 2 is 0.670 bits per heavy atom. The van der Waals surface area contributed by atoms with E-state index in [1.54, 1.807) is 36.4 Å². The van der Waals surface area contributed by atoms with Crippen molar-refractivity contribution in [2.75, 3.05) is 21.3 Å². The second kappa shape index (κ2) is 25.5. The maximum absolute atomic E-state index is 12.9. The molecular weight excluding hydrogens is 1400 g/mol. The first-order valence-electron chi connectivity index (χ1n) is 25.3. The summed E-state index contributed by atoms with van der Waals surface area (Å²) < 4.78 is 216. The number of aromatic nitrogens is 6. The van der Waals surface area contributed by atoms with Crippen molar-refractivity contribution < 1.29 is 88.0 Å². The number of benzene rings is 8. The third kappa shape index (κ3) is 15.1. The van der Waals surface area contributed by atoms with Gasteiger partial charge in [0.25, 0.3) is 60.7 Å². The lowest BCUT2D eigenvalue weighted by molar-refractivity contribution is 0.476. The van der Waals surface area contributed by atoms with Crippen LogP contribution in [0.3, 0.4) is 0 Å². The predicted octanol–water partition coefficient (Wildman–Crippen LogP) is 10.5. The van der Waals surface area contributed by atoms with Crippen LogP contribution in [0.15, 0.2) is 183 Å². The number of fused-ring (bicyclic) bond motifs is 2. The third-order valence-electron chi connectivity index (χ3n) is 12.8. The van der Waals surface area contributed by atoms with Crippen LogP contribution in [0.5, 0.6) is 11.5 Å². The first-order valence-corrected chi connectivity index (χ1v) is 34.7. The number of nitrogens with one attached hydrogen (secondary N) is 4. The zero-order valence-electron chi connectivity index (χ0n) is 46.0. The summed E-state index contributed by atoms with van der Waals surface area (Å²) in [5.74, 6) is -4.36. The van der Waals surface area contributed by atoms with Gasteiger partial charge in [-0.3, -0.25) is 27.3 Å². The van der Waals surface area contributed by atoms with Crippen LogP contribution in [0.4, 0.5) is 69.3 Å². The van der Waals surface area contributed by atoms with E-state index in [0.29, 0.717) is 12.1 Å². The van der Waals surface area contributed by atoms with Gasteiger partial charge >= 0.3 is 0 Å². The molecule has 0 bridgehead atoms.